The Labute approximate surface area is 131 Å². The zero-order valence-electron chi connectivity index (χ0n) is 14.2. The monoisotopic (exact) mass is 307 g/mol. The fourth-order valence-electron chi connectivity index (χ4n) is 3.86. The maximum atomic E-state index is 11.8. The number of ether oxygens (including phenoxy) is 1. The van der Waals surface area contributed by atoms with Crippen molar-refractivity contribution in [3.05, 3.63) is 11.8 Å². The fourth-order valence-corrected chi connectivity index (χ4v) is 3.86. The third-order valence-electron chi connectivity index (χ3n) is 6.01. The molecule has 6 heteroatoms. The lowest BCUT2D eigenvalue weighted by molar-refractivity contribution is -0.130. The highest BCUT2D eigenvalue weighted by molar-refractivity contribution is 5.74. The smallest absolute Gasteiger partial charge is 0.239 e. The fraction of sp³-hybridized carbons (Fsp3) is 0.812. The van der Waals surface area contributed by atoms with E-state index < -0.39 is 0 Å². The average molecular weight is 307 g/mol. The van der Waals surface area contributed by atoms with Crippen LogP contribution < -0.4 is 0 Å². The van der Waals surface area contributed by atoms with Crippen LogP contribution in [-0.2, 0) is 9.53 Å². The molecule has 2 atom stereocenters. The molecule has 6 nitrogen and oxygen atoms in total. The Hall–Kier alpha value is -1.43. The zero-order chi connectivity index (χ0) is 16.3. The first-order valence-electron chi connectivity index (χ1n) is 7.83. The second-order valence-corrected chi connectivity index (χ2v) is 7.64. The summed E-state index contributed by atoms with van der Waals surface area (Å²) in [6.45, 7) is 11.0. The van der Waals surface area contributed by atoms with Crippen molar-refractivity contribution in [1.29, 1.82) is 0 Å². The van der Waals surface area contributed by atoms with Crippen LogP contribution in [0, 0.1) is 10.8 Å². The standard InChI is InChI=1S/C16H25N3O3/c1-9(20)19-8-10(21-6)7-11(19)13-17-18-14(22-13)12-15(2,3)16(12,4)5/h10-12H,7-8H2,1-6H3/t10-,11+/m0/s1. The molecule has 0 aromatic carbocycles. The van der Waals surface area contributed by atoms with E-state index in [0.29, 0.717) is 24.7 Å². The van der Waals surface area contributed by atoms with E-state index in [-0.39, 0.29) is 34.8 Å². The van der Waals surface area contributed by atoms with Gasteiger partial charge in [-0.1, -0.05) is 27.7 Å². The van der Waals surface area contributed by atoms with Crippen LogP contribution in [0.2, 0.25) is 0 Å². The number of likely N-dealkylation sites (tertiary alicyclic amines) is 1. The first-order chi connectivity index (χ1) is 10.2. The minimum atomic E-state index is -0.173. The van der Waals surface area contributed by atoms with Crippen LogP contribution in [0.1, 0.15) is 64.8 Å². The van der Waals surface area contributed by atoms with Crippen molar-refractivity contribution in [3.8, 4) is 0 Å². The zero-order valence-corrected chi connectivity index (χ0v) is 14.2. The Morgan fingerprint density at radius 1 is 1.23 bits per heavy atom. The Bertz CT molecular complexity index is 579. The number of aromatic nitrogens is 2. The third kappa shape index (κ3) is 2.07. The number of methoxy groups -OCH3 is 1. The second kappa shape index (κ2) is 4.78. The van der Waals surface area contributed by atoms with E-state index in [4.69, 9.17) is 9.15 Å². The molecule has 22 heavy (non-hydrogen) atoms. The summed E-state index contributed by atoms with van der Waals surface area (Å²) in [6, 6.07) is -0.173. The summed E-state index contributed by atoms with van der Waals surface area (Å²) in [6.07, 6.45) is 0.730. The summed E-state index contributed by atoms with van der Waals surface area (Å²) >= 11 is 0. The molecular formula is C16H25N3O3. The van der Waals surface area contributed by atoms with Gasteiger partial charge in [-0.05, 0) is 10.8 Å². The molecule has 0 radical (unpaired) electrons. The molecule has 1 amide bonds. The predicted octanol–water partition coefficient (Wildman–Crippen LogP) is 2.53. The van der Waals surface area contributed by atoms with E-state index in [0.717, 1.165) is 0 Å². The van der Waals surface area contributed by atoms with Gasteiger partial charge in [-0.25, -0.2) is 0 Å². The van der Waals surface area contributed by atoms with Gasteiger partial charge in [0, 0.05) is 32.9 Å². The Morgan fingerprint density at radius 3 is 2.32 bits per heavy atom. The molecule has 0 spiro atoms. The molecule has 2 heterocycles. The van der Waals surface area contributed by atoms with Gasteiger partial charge in [0.2, 0.25) is 17.7 Å². The van der Waals surface area contributed by atoms with Crippen LogP contribution in [0.3, 0.4) is 0 Å². The predicted molar refractivity (Wildman–Crippen MR) is 80.1 cm³/mol. The van der Waals surface area contributed by atoms with Crippen LogP contribution in [0.4, 0.5) is 0 Å². The van der Waals surface area contributed by atoms with Crippen molar-refractivity contribution in [1.82, 2.24) is 15.1 Å². The van der Waals surface area contributed by atoms with Crippen molar-refractivity contribution in [3.63, 3.8) is 0 Å². The van der Waals surface area contributed by atoms with Crippen LogP contribution in [0.25, 0.3) is 0 Å². The number of hydrogen-bond donors (Lipinski definition) is 0. The van der Waals surface area contributed by atoms with E-state index in [1.165, 1.54) is 0 Å². The van der Waals surface area contributed by atoms with Crippen molar-refractivity contribution in [2.24, 2.45) is 10.8 Å². The van der Waals surface area contributed by atoms with Crippen molar-refractivity contribution >= 4 is 5.91 Å². The van der Waals surface area contributed by atoms with Crippen LogP contribution >= 0.6 is 0 Å². The maximum absolute atomic E-state index is 11.8. The van der Waals surface area contributed by atoms with Gasteiger partial charge in [-0.15, -0.1) is 10.2 Å². The highest BCUT2D eigenvalue weighted by Crippen LogP contribution is 2.73. The van der Waals surface area contributed by atoms with Crippen LogP contribution in [-0.4, -0.2) is 40.8 Å². The highest BCUT2D eigenvalue weighted by atomic mass is 16.5. The topological polar surface area (TPSA) is 68.5 Å². The van der Waals surface area contributed by atoms with Crippen molar-refractivity contribution in [2.75, 3.05) is 13.7 Å². The first kappa shape index (κ1) is 15.5. The Kier molecular flexibility index (Phi) is 3.36. The molecular weight excluding hydrogens is 282 g/mol. The van der Waals surface area contributed by atoms with E-state index in [1.54, 1.807) is 18.9 Å². The van der Waals surface area contributed by atoms with Crippen molar-refractivity contribution in [2.45, 2.75) is 59.1 Å². The third-order valence-corrected chi connectivity index (χ3v) is 6.01. The lowest BCUT2D eigenvalue weighted by Gasteiger charge is -2.19. The molecule has 1 aliphatic heterocycles. The van der Waals surface area contributed by atoms with Crippen molar-refractivity contribution < 1.29 is 13.9 Å². The first-order valence-corrected chi connectivity index (χ1v) is 7.83. The quantitative estimate of drug-likeness (QED) is 0.858. The van der Waals surface area contributed by atoms with Gasteiger partial charge in [0.05, 0.1) is 6.10 Å². The van der Waals surface area contributed by atoms with Gasteiger partial charge in [-0.2, -0.15) is 0 Å². The largest absolute Gasteiger partial charge is 0.423 e. The molecule has 122 valence electrons. The summed E-state index contributed by atoms with van der Waals surface area (Å²) < 4.78 is 11.4. The molecule has 1 saturated carbocycles. The lowest BCUT2D eigenvalue weighted by atomic mass is 10.0. The van der Waals surface area contributed by atoms with Crippen LogP contribution in [0.15, 0.2) is 4.42 Å². The Morgan fingerprint density at radius 2 is 1.82 bits per heavy atom. The van der Waals surface area contributed by atoms with Gasteiger partial charge in [0.1, 0.15) is 6.04 Å². The number of amides is 1. The lowest BCUT2D eigenvalue weighted by Crippen LogP contribution is -2.29. The summed E-state index contributed by atoms with van der Waals surface area (Å²) in [5.41, 5.74) is 0.309. The highest BCUT2D eigenvalue weighted by Gasteiger charge is 2.68. The normalized spacial score (nSPS) is 29.8. The minimum absolute atomic E-state index is 0.0105. The molecule has 1 aromatic heterocycles. The minimum Gasteiger partial charge on any atom is -0.423 e. The molecule has 1 aliphatic carbocycles. The molecule has 1 aromatic rings. The number of carbonyl (C=O) groups excluding carboxylic acids is 1. The molecule has 2 fully saturated rings. The van der Waals surface area contributed by atoms with Gasteiger partial charge in [0.15, 0.2) is 0 Å². The number of carbonyl (C=O) groups is 1. The SMILES string of the molecule is CO[C@H]1C[C@H](c2nnc(C3C(C)(C)C3(C)C)o2)N(C(C)=O)C1. The molecule has 1 saturated heterocycles. The number of rotatable bonds is 3. The average Bonchev–Trinajstić information content (AvgIpc) is 2.91. The Balaban J connectivity index is 1.84. The van der Waals surface area contributed by atoms with E-state index in [1.807, 2.05) is 0 Å². The molecule has 3 rings (SSSR count). The van der Waals surface area contributed by atoms with E-state index >= 15 is 0 Å². The van der Waals surface area contributed by atoms with Crippen LogP contribution in [0.5, 0.6) is 0 Å². The summed E-state index contributed by atoms with van der Waals surface area (Å²) in [5, 5.41) is 8.49. The van der Waals surface area contributed by atoms with E-state index in [2.05, 4.69) is 37.9 Å². The maximum Gasteiger partial charge on any atom is 0.239 e. The molecule has 0 bridgehead atoms. The number of hydrogen-bond acceptors (Lipinski definition) is 5. The van der Waals surface area contributed by atoms with Gasteiger partial charge < -0.3 is 14.1 Å². The van der Waals surface area contributed by atoms with E-state index in [9.17, 15) is 4.79 Å². The number of nitrogens with zero attached hydrogens (tertiary/aromatic N) is 3. The summed E-state index contributed by atoms with van der Waals surface area (Å²) in [7, 11) is 1.67. The van der Waals surface area contributed by atoms with Gasteiger partial charge in [-0.3, -0.25) is 4.79 Å². The molecule has 0 N–H and O–H groups in total. The summed E-state index contributed by atoms with van der Waals surface area (Å²) in [5.74, 6) is 1.50. The van der Waals surface area contributed by atoms with Gasteiger partial charge >= 0.3 is 0 Å². The molecule has 2 aliphatic rings. The van der Waals surface area contributed by atoms with Gasteiger partial charge in [0.25, 0.3) is 0 Å². The summed E-state index contributed by atoms with van der Waals surface area (Å²) in [4.78, 5) is 13.6. The molecule has 0 unspecified atom stereocenters. The second-order valence-electron chi connectivity index (χ2n) is 7.64.